The first kappa shape index (κ1) is 10.1. The number of halogens is 1. The first-order chi connectivity index (χ1) is 7.16. The summed E-state index contributed by atoms with van der Waals surface area (Å²) in [6.45, 7) is 3.94. The summed E-state index contributed by atoms with van der Waals surface area (Å²) in [5, 5.41) is 0.747. The molecule has 0 aliphatic heterocycles. The fraction of sp³-hybridized carbons (Fsp3) is 0.167. The Labute approximate surface area is 94.0 Å². The molecular weight excluding hydrogens is 208 g/mol. The second-order valence-electron chi connectivity index (χ2n) is 3.55. The third-order valence-electron chi connectivity index (χ3n) is 2.21. The third kappa shape index (κ3) is 2.16. The van der Waals surface area contributed by atoms with E-state index < -0.39 is 0 Å². The highest BCUT2D eigenvalue weighted by molar-refractivity contribution is 6.31. The molecule has 2 aromatic rings. The van der Waals surface area contributed by atoms with Crippen LogP contribution in [0.5, 0.6) is 0 Å². The molecule has 0 atom stereocenters. The first-order valence-electron chi connectivity index (χ1n) is 4.72. The smallest absolute Gasteiger partial charge is 0.159 e. The minimum Gasteiger partial charge on any atom is -0.236 e. The summed E-state index contributed by atoms with van der Waals surface area (Å²) in [5.41, 5.74) is 3.06. The van der Waals surface area contributed by atoms with Gasteiger partial charge in [-0.25, -0.2) is 9.97 Å². The van der Waals surface area contributed by atoms with Gasteiger partial charge in [0.1, 0.15) is 0 Å². The van der Waals surface area contributed by atoms with Gasteiger partial charge in [0.25, 0.3) is 0 Å². The predicted molar refractivity (Wildman–Crippen MR) is 62.0 cm³/mol. The van der Waals surface area contributed by atoms with Crippen LogP contribution in [0.2, 0.25) is 5.02 Å². The molecule has 0 aliphatic carbocycles. The van der Waals surface area contributed by atoms with E-state index in [0.29, 0.717) is 5.82 Å². The van der Waals surface area contributed by atoms with Crippen molar-refractivity contribution in [3.63, 3.8) is 0 Å². The fourth-order valence-corrected chi connectivity index (χ4v) is 1.45. The predicted octanol–water partition coefficient (Wildman–Crippen LogP) is 3.41. The van der Waals surface area contributed by atoms with E-state index in [0.717, 1.165) is 21.7 Å². The van der Waals surface area contributed by atoms with Gasteiger partial charge in [0, 0.05) is 23.0 Å². The summed E-state index contributed by atoms with van der Waals surface area (Å²) in [6.07, 6.45) is 3.60. The Balaban J connectivity index is 2.45. The molecule has 0 N–H and O–H groups in total. The lowest BCUT2D eigenvalue weighted by molar-refractivity contribution is 1.14. The molecule has 0 bridgehead atoms. The van der Waals surface area contributed by atoms with Crippen molar-refractivity contribution in [2.45, 2.75) is 13.8 Å². The summed E-state index contributed by atoms with van der Waals surface area (Å²) in [7, 11) is 0. The average molecular weight is 219 g/mol. The van der Waals surface area contributed by atoms with Crippen molar-refractivity contribution >= 4 is 11.6 Å². The molecule has 0 fully saturated rings. The first-order valence-corrected chi connectivity index (χ1v) is 5.10. The number of rotatable bonds is 1. The standard InChI is InChI=1S/C12H11ClN2/c1-8-6-14-12(15-7-8)10-4-3-9(2)11(13)5-10/h3-7H,1-2H3. The van der Waals surface area contributed by atoms with Crippen molar-refractivity contribution in [2.24, 2.45) is 0 Å². The summed E-state index contributed by atoms with van der Waals surface area (Å²) in [5.74, 6) is 0.711. The second kappa shape index (κ2) is 3.99. The Morgan fingerprint density at radius 2 is 1.73 bits per heavy atom. The van der Waals surface area contributed by atoms with Crippen LogP contribution in [0.25, 0.3) is 11.4 Å². The summed E-state index contributed by atoms with van der Waals surface area (Å²) in [6, 6.07) is 5.84. The van der Waals surface area contributed by atoms with Gasteiger partial charge in [0.05, 0.1) is 0 Å². The molecule has 3 heteroatoms. The Kier molecular flexibility index (Phi) is 2.69. The zero-order valence-electron chi connectivity index (χ0n) is 8.66. The van der Waals surface area contributed by atoms with Crippen molar-refractivity contribution in [2.75, 3.05) is 0 Å². The van der Waals surface area contributed by atoms with Crippen LogP contribution in [0, 0.1) is 13.8 Å². The van der Waals surface area contributed by atoms with Crippen LogP contribution in [-0.4, -0.2) is 9.97 Å². The van der Waals surface area contributed by atoms with Gasteiger partial charge < -0.3 is 0 Å². The van der Waals surface area contributed by atoms with Crippen LogP contribution in [0.15, 0.2) is 30.6 Å². The van der Waals surface area contributed by atoms with Gasteiger partial charge in [-0.2, -0.15) is 0 Å². The number of aromatic nitrogens is 2. The van der Waals surface area contributed by atoms with Crippen molar-refractivity contribution in [3.8, 4) is 11.4 Å². The summed E-state index contributed by atoms with van der Waals surface area (Å²) in [4.78, 5) is 8.50. The molecule has 1 aromatic heterocycles. The van der Waals surface area contributed by atoms with Crippen LogP contribution in [0.4, 0.5) is 0 Å². The van der Waals surface area contributed by atoms with Gasteiger partial charge in [-0.1, -0.05) is 23.7 Å². The van der Waals surface area contributed by atoms with Crippen molar-refractivity contribution in [1.82, 2.24) is 9.97 Å². The highest BCUT2D eigenvalue weighted by Gasteiger charge is 2.02. The number of aryl methyl sites for hydroxylation is 2. The van der Waals surface area contributed by atoms with Crippen LogP contribution < -0.4 is 0 Å². The third-order valence-corrected chi connectivity index (χ3v) is 2.62. The summed E-state index contributed by atoms with van der Waals surface area (Å²) >= 11 is 6.04. The van der Waals surface area contributed by atoms with Gasteiger partial charge in [-0.3, -0.25) is 0 Å². The van der Waals surface area contributed by atoms with E-state index >= 15 is 0 Å². The molecular formula is C12H11ClN2. The maximum Gasteiger partial charge on any atom is 0.159 e. The molecule has 76 valence electrons. The molecule has 0 aliphatic rings. The van der Waals surface area contributed by atoms with E-state index in [1.54, 1.807) is 12.4 Å². The molecule has 0 radical (unpaired) electrons. The molecule has 0 amide bonds. The number of benzene rings is 1. The maximum absolute atomic E-state index is 6.04. The lowest BCUT2D eigenvalue weighted by Crippen LogP contribution is -1.89. The molecule has 0 spiro atoms. The lowest BCUT2D eigenvalue weighted by Gasteiger charge is -2.02. The topological polar surface area (TPSA) is 25.8 Å². The lowest BCUT2D eigenvalue weighted by atomic mass is 10.1. The van der Waals surface area contributed by atoms with Crippen LogP contribution in [0.3, 0.4) is 0 Å². The fourth-order valence-electron chi connectivity index (χ4n) is 1.27. The molecule has 0 saturated heterocycles. The Morgan fingerprint density at radius 3 is 2.33 bits per heavy atom. The van der Waals surface area contributed by atoms with Gasteiger partial charge in [-0.05, 0) is 31.0 Å². The maximum atomic E-state index is 6.04. The monoisotopic (exact) mass is 218 g/mol. The van der Waals surface area contributed by atoms with E-state index in [2.05, 4.69) is 9.97 Å². The molecule has 1 heterocycles. The number of hydrogen-bond acceptors (Lipinski definition) is 2. The van der Waals surface area contributed by atoms with Crippen LogP contribution >= 0.6 is 11.6 Å². The van der Waals surface area contributed by atoms with E-state index in [9.17, 15) is 0 Å². The second-order valence-corrected chi connectivity index (χ2v) is 3.96. The Bertz CT molecular complexity index is 477. The van der Waals surface area contributed by atoms with E-state index in [1.807, 2.05) is 32.0 Å². The zero-order valence-corrected chi connectivity index (χ0v) is 9.42. The highest BCUT2D eigenvalue weighted by atomic mass is 35.5. The minimum absolute atomic E-state index is 0.711. The zero-order chi connectivity index (χ0) is 10.8. The average Bonchev–Trinajstić information content (AvgIpc) is 2.23. The van der Waals surface area contributed by atoms with Gasteiger partial charge >= 0.3 is 0 Å². The van der Waals surface area contributed by atoms with Gasteiger partial charge in [0.15, 0.2) is 5.82 Å². The molecule has 2 nitrogen and oxygen atoms in total. The SMILES string of the molecule is Cc1cnc(-c2ccc(C)c(Cl)c2)nc1. The number of hydrogen-bond donors (Lipinski definition) is 0. The van der Waals surface area contributed by atoms with E-state index in [-0.39, 0.29) is 0 Å². The Hall–Kier alpha value is -1.41. The molecule has 2 rings (SSSR count). The molecule has 0 unspecified atom stereocenters. The Morgan fingerprint density at radius 1 is 1.07 bits per heavy atom. The van der Waals surface area contributed by atoms with Crippen LogP contribution in [0.1, 0.15) is 11.1 Å². The molecule has 1 aromatic carbocycles. The number of nitrogens with zero attached hydrogens (tertiary/aromatic N) is 2. The van der Waals surface area contributed by atoms with E-state index in [4.69, 9.17) is 11.6 Å². The molecule has 0 saturated carbocycles. The highest BCUT2D eigenvalue weighted by Crippen LogP contribution is 2.22. The van der Waals surface area contributed by atoms with Crippen LogP contribution in [-0.2, 0) is 0 Å². The minimum atomic E-state index is 0.711. The van der Waals surface area contributed by atoms with Gasteiger partial charge in [0.2, 0.25) is 0 Å². The molecule has 15 heavy (non-hydrogen) atoms. The summed E-state index contributed by atoms with van der Waals surface area (Å²) < 4.78 is 0. The van der Waals surface area contributed by atoms with E-state index in [1.165, 1.54) is 0 Å². The normalized spacial score (nSPS) is 10.3. The largest absolute Gasteiger partial charge is 0.236 e. The van der Waals surface area contributed by atoms with Crippen molar-refractivity contribution < 1.29 is 0 Å². The quantitative estimate of drug-likeness (QED) is 0.733. The van der Waals surface area contributed by atoms with Crippen molar-refractivity contribution in [1.29, 1.82) is 0 Å². The van der Waals surface area contributed by atoms with Crippen molar-refractivity contribution in [3.05, 3.63) is 46.7 Å². The van der Waals surface area contributed by atoms with Gasteiger partial charge in [-0.15, -0.1) is 0 Å².